The van der Waals surface area contributed by atoms with Gasteiger partial charge in [0.25, 0.3) is 5.91 Å². The molecule has 0 saturated carbocycles. The second-order valence-electron chi connectivity index (χ2n) is 8.55. The fraction of sp³-hybridized carbons (Fsp3) is 0.579. The van der Waals surface area contributed by atoms with E-state index in [1.807, 2.05) is 13.8 Å². The van der Waals surface area contributed by atoms with Gasteiger partial charge in [0.15, 0.2) is 6.61 Å². The van der Waals surface area contributed by atoms with Crippen molar-refractivity contribution in [2.45, 2.75) is 51.5 Å². The summed E-state index contributed by atoms with van der Waals surface area (Å²) in [6.07, 6.45) is 0.721. The van der Waals surface area contributed by atoms with Crippen molar-refractivity contribution in [2.24, 2.45) is 5.41 Å². The number of likely N-dealkylation sites (N-methyl/N-ethyl adjacent to an activating group) is 1. The summed E-state index contributed by atoms with van der Waals surface area (Å²) < 4.78 is 43.3. The highest BCUT2D eigenvalue weighted by atomic mass is 32.2. The lowest BCUT2D eigenvalue weighted by Gasteiger charge is -2.33. The van der Waals surface area contributed by atoms with Gasteiger partial charge in [0.05, 0.1) is 4.90 Å². The maximum Gasteiger partial charge on any atom is 0.321 e. The van der Waals surface area contributed by atoms with Gasteiger partial charge in [-0.15, -0.1) is 0 Å². The molecule has 1 aromatic rings. The van der Waals surface area contributed by atoms with Gasteiger partial charge in [-0.05, 0) is 49.9 Å². The van der Waals surface area contributed by atoms with Gasteiger partial charge >= 0.3 is 5.97 Å². The predicted molar refractivity (Wildman–Crippen MR) is 103 cm³/mol. The van der Waals surface area contributed by atoms with Crippen molar-refractivity contribution in [3.05, 3.63) is 30.1 Å². The van der Waals surface area contributed by atoms with Gasteiger partial charge in [0.1, 0.15) is 12.4 Å². The first-order chi connectivity index (χ1) is 12.6. The van der Waals surface area contributed by atoms with E-state index in [1.54, 1.807) is 0 Å². The lowest BCUT2D eigenvalue weighted by atomic mass is 9.82. The topological polar surface area (TPSA) is 92.8 Å². The van der Waals surface area contributed by atoms with Gasteiger partial charge in [0, 0.05) is 12.6 Å². The molecule has 0 aliphatic rings. The fourth-order valence-electron chi connectivity index (χ4n) is 3.03. The van der Waals surface area contributed by atoms with Gasteiger partial charge in [0.2, 0.25) is 10.0 Å². The molecule has 0 heterocycles. The number of halogens is 1. The first-order valence-electron chi connectivity index (χ1n) is 8.81. The molecular formula is C19H29FN2O5S. The highest BCUT2D eigenvalue weighted by molar-refractivity contribution is 7.89. The van der Waals surface area contributed by atoms with Crippen molar-refractivity contribution < 1.29 is 27.1 Å². The van der Waals surface area contributed by atoms with Crippen molar-refractivity contribution in [1.82, 2.24) is 9.62 Å². The van der Waals surface area contributed by atoms with Crippen LogP contribution >= 0.6 is 0 Å². The molecule has 9 heteroatoms. The molecular weight excluding hydrogens is 387 g/mol. The Bertz CT molecular complexity index is 799. The minimum absolute atomic E-state index is 0.00484. The number of amides is 1. The smallest absolute Gasteiger partial charge is 0.321 e. The van der Waals surface area contributed by atoms with E-state index in [2.05, 4.69) is 26.1 Å². The highest BCUT2D eigenvalue weighted by Crippen LogP contribution is 2.26. The second kappa shape index (κ2) is 9.00. The number of nitrogens with one attached hydrogen (secondary N) is 1. The van der Waals surface area contributed by atoms with Crippen molar-refractivity contribution in [3.8, 4) is 0 Å². The number of benzene rings is 1. The highest BCUT2D eigenvalue weighted by Gasteiger charge is 2.28. The van der Waals surface area contributed by atoms with E-state index in [4.69, 9.17) is 4.74 Å². The number of hydrogen-bond donors (Lipinski definition) is 1. The van der Waals surface area contributed by atoms with E-state index in [0.29, 0.717) is 0 Å². The van der Waals surface area contributed by atoms with Crippen LogP contribution in [-0.4, -0.2) is 50.3 Å². The van der Waals surface area contributed by atoms with E-state index in [0.717, 1.165) is 35.0 Å². The molecule has 1 aromatic carbocycles. The molecule has 0 bridgehead atoms. The summed E-state index contributed by atoms with van der Waals surface area (Å²) in [6.45, 7) is 8.84. The molecule has 0 aliphatic heterocycles. The molecule has 0 radical (unpaired) electrons. The van der Waals surface area contributed by atoms with E-state index in [1.165, 1.54) is 7.05 Å². The van der Waals surface area contributed by atoms with Crippen LogP contribution in [0.1, 0.15) is 41.0 Å². The first-order valence-corrected chi connectivity index (χ1v) is 10.2. The number of rotatable bonds is 8. The van der Waals surface area contributed by atoms with Gasteiger partial charge in [-0.3, -0.25) is 9.59 Å². The lowest BCUT2D eigenvalue weighted by molar-refractivity contribution is -0.149. The SMILES string of the molecule is CN(CC(=O)OCC(=O)NC(C)(C)CC(C)(C)C)S(=O)(=O)c1ccc(F)cc1. The van der Waals surface area contributed by atoms with Crippen LogP contribution in [0.25, 0.3) is 0 Å². The maximum absolute atomic E-state index is 13.0. The third kappa shape index (κ3) is 7.93. The molecule has 0 unspecified atom stereocenters. The van der Waals surface area contributed by atoms with Gasteiger partial charge < -0.3 is 10.1 Å². The summed E-state index contributed by atoms with van der Waals surface area (Å²) in [7, 11) is -2.77. The molecule has 0 saturated heterocycles. The normalized spacial score (nSPS) is 12.7. The standard InChI is InChI=1S/C19H29FN2O5S/c1-18(2,3)13-19(4,5)21-16(23)12-27-17(24)11-22(6)28(25,26)15-9-7-14(20)8-10-15/h7-10H,11-13H2,1-6H3,(H,21,23). The number of sulfonamides is 1. The van der Waals surface area contributed by atoms with Gasteiger partial charge in [-0.1, -0.05) is 20.8 Å². The number of carbonyl (C=O) groups excluding carboxylic acids is 2. The third-order valence-corrected chi connectivity index (χ3v) is 5.51. The summed E-state index contributed by atoms with van der Waals surface area (Å²) in [5, 5.41) is 2.80. The Morgan fingerprint density at radius 3 is 2.14 bits per heavy atom. The molecule has 158 valence electrons. The van der Waals surface area contributed by atoms with Crippen LogP contribution in [0.2, 0.25) is 0 Å². The number of esters is 1. The molecule has 1 N–H and O–H groups in total. The van der Waals surface area contributed by atoms with Crippen molar-refractivity contribution in [3.63, 3.8) is 0 Å². The Balaban J connectivity index is 2.57. The molecule has 1 amide bonds. The molecule has 0 spiro atoms. The Morgan fingerprint density at radius 2 is 1.64 bits per heavy atom. The quantitative estimate of drug-likeness (QED) is 0.657. The molecule has 0 aromatic heterocycles. The Kier molecular flexibility index (Phi) is 7.73. The van der Waals surface area contributed by atoms with E-state index >= 15 is 0 Å². The molecule has 0 aliphatic carbocycles. The summed E-state index contributed by atoms with van der Waals surface area (Å²) >= 11 is 0. The van der Waals surface area contributed by atoms with Gasteiger partial charge in [-0.25, -0.2) is 12.8 Å². The lowest BCUT2D eigenvalue weighted by Crippen LogP contribution is -2.47. The third-order valence-electron chi connectivity index (χ3n) is 3.69. The van der Waals surface area contributed by atoms with Crippen LogP contribution < -0.4 is 5.32 Å². The Morgan fingerprint density at radius 1 is 1.11 bits per heavy atom. The predicted octanol–water partition coefficient (Wildman–Crippen LogP) is 2.32. The summed E-state index contributed by atoms with van der Waals surface area (Å²) in [5.74, 6) is -1.90. The fourth-order valence-corrected chi connectivity index (χ4v) is 4.14. The van der Waals surface area contributed by atoms with E-state index in [-0.39, 0.29) is 10.3 Å². The van der Waals surface area contributed by atoms with Crippen LogP contribution in [0.4, 0.5) is 4.39 Å². The number of ether oxygens (including phenoxy) is 1. The van der Waals surface area contributed by atoms with Crippen molar-refractivity contribution in [2.75, 3.05) is 20.2 Å². The van der Waals surface area contributed by atoms with Crippen LogP contribution in [0.3, 0.4) is 0 Å². The van der Waals surface area contributed by atoms with Crippen LogP contribution in [0, 0.1) is 11.2 Å². The average molecular weight is 417 g/mol. The Labute approximate surface area is 166 Å². The maximum atomic E-state index is 13.0. The minimum atomic E-state index is -3.97. The zero-order valence-corrected chi connectivity index (χ0v) is 18.0. The molecule has 1 rings (SSSR count). The monoisotopic (exact) mass is 416 g/mol. The number of hydrogen-bond acceptors (Lipinski definition) is 5. The van der Waals surface area contributed by atoms with Crippen molar-refractivity contribution >= 4 is 21.9 Å². The zero-order valence-electron chi connectivity index (χ0n) is 17.2. The average Bonchev–Trinajstić information content (AvgIpc) is 2.50. The van der Waals surface area contributed by atoms with Crippen LogP contribution in [0.5, 0.6) is 0 Å². The summed E-state index contributed by atoms with van der Waals surface area (Å²) in [6, 6.07) is 4.25. The van der Waals surface area contributed by atoms with E-state index in [9.17, 15) is 22.4 Å². The largest absolute Gasteiger partial charge is 0.455 e. The summed E-state index contributed by atoms with van der Waals surface area (Å²) in [4.78, 5) is 23.8. The number of carbonyl (C=O) groups is 2. The zero-order chi connectivity index (χ0) is 21.8. The van der Waals surface area contributed by atoms with Crippen LogP contribution in [0.15, 0.2) is 29.2 Å². The minimum Gasteiger partial charge on any atom is -0.455 e. The van der Waals surface area contributed by atoms with Crippen LogP contribution in [-0.2, 0) is 24.3 Å². The van der Waals surface area contributed by atoms with E-state index < -0.39 is 46.4 Å². The summed E-state index contributed by atoms with van der Waals surface area (Å²) in [5.41, 5.74) is -0.477. The second-order valence-corrected chi connectivity index (χ2v) is 10.6. The molecule has 7 nitrogen and oxygen atoms in total. The van der Waals surface area contributed by atoms with Gasteiger partial charge in [-0.2, -0.15) is 4.31 Å². The Hall–Kier alpha value is -2.00. The molecule has 0 fully saturated rings. The number of nitrogens with zero attached hydrogens (tertiary/aromatic N) is 1. The molecule has 28 heavy (non-hydrogen) atoms. The molecule has 0 atom stereocenters. The first kappa shape index (κ1) is 24.0. The van der Waals surface area contributed by atoms with Crippen molar-refractivity contribution in [1.29, 1.82) is 0 Å².